The van der Waals surface area contributed by atoms with Crippen LogP contribution in [0.1, 0.15) is 122 Å². The summed E-state index contributed by atoms with van der Waals surface area (Å²) in [6.07, 6.45) is 13.1. The molecule has 2 N–H and O–H groups in total. The first-order valence-electron chi connectivity index (χ1n) is 20.7. The number of terminal acetylenes is 1. The van der Waals surface area contributed by atoms with Gasteiger partial charge in [-0.3, -0.25) is 0 Å². The molecule has 0 heterocycles. The van der Waals surface area contributed by atoms with Crippen molar-refractivity contribution in [3.05, 3.63) is 164 Å². The third-order valence-corrected chi connectivity index (χ3v) is 14.3. The van der Waals surface area contributed by atoms with Gasteiger partial charge in [-0.05, 0) is 168 Å². The zero-order valence-electron chi connectivity index (χ0n) is 33.7. The minimum absolute atomic E-state index is 0. The van der Waals surface area contributed by atoms with E-state index in [1.807, 2.05) is 48.5 Å². The molecule has 6 aromatic carbocycles. The van der Waals surface area contributed by atoms with Crippen molar-refractivity contribution >= 4 is 37.5 Å². The van der Waals surface area contributed by atoms with Gasteiger partial charge in [0.25, 0.3) is 0 Å². The van der Waals surface area contributed by atoms with Gasteiger partial charge in [-0.1, -0.05) is 139 Å². The normalized spacial score (nSPS) is 24.8. The molecule has 2 saturated carbocycles. The molecule has 6 atom stereocenters. The molecule has 0 aliphatic heterocycles. The maximum atomic E-state index is 10.4. The van der Waals surface area contributed by atoms with Crippen LogP contribution in [0.15, 0.2) is 114 Å². The highest BCUT2D eigenvalue weighted by atomic mass is 79.9. The molecule has 2 fully saturated rings. The molecule has 0 bridgehead atoms. The van der Waals surface area contributed by atoms with E-state index < -0.39 is 0 Å². The van der Waals surface area contributed by atoms with Gasteiger partial charge >= 0.3 is 0 Å². The molecule has 0 amide bonds. The molecule has 58 heavy (non-hydrogen) atoms. The highest BCUT2D eigenvalue weighted by molar-refractivity contribution is 9.10. The van der Waals surface area contributed by atoms with Gasteiger partial charge in [0, 0.05) is 21.2 Å². The second-order valence-electron chi connectivity index (χ2n) is 17.7. The topological polar surface area (TPSA) is 40.5 Å². The molecule has 4 aliphatic rings. The highest BCUT2D eigenvalue weighted by Crippen LogP contribution is 2.58. The molecule has 296 valence electrons. The molecule has 0 saturated heterocycles. The number of aryl methyl sites for hydroxylation is 4. The fourth-order valence-electron chi connectivity index (χ4n) is 10.7. The standard InChI is InChI=1S/C27H26O.C19H21BrO.C8H6.CH4/c1-18-8-11-22-20(10-9-19-6-4-3-5-7-19)15-25-23(24(22)14-18)12-13-27(2)17-21(28)16-26(25)27;1-11-3-4-14-15(7-11)13-5-6-19(2)10-12(21)8-17(19)16(13)9-18(14)20;1-2-8-6-4-3-5-7-8;/h3-8,11,14-15,21,26,28H,12-13,16-17H2,1-2H3;3-4,7,9,12,17,21H,5-6,8,10H2,1-2H3;1,3-7H;1H4/t21-,26-,27+;12-,17-,19+;;/m00../s1. The second kappa shape index (κ2) is 16.9. The fourth-order valence-corrected chi connectivity index (χ4v) is 11.3. The van der Waals surface area contributed by atoms with E-state index in [-0.39, 0.29) is 30.5 Å². The van der Waals surface area contributed by atoms with Crippen molar-refractivity contribution < 1.29 is 10.2 Å². The lowest BCUT2D eigenvalue weighted by Gasteiger charge is -2.38. The van der Waals surface area contributed by atoms with Crippen LogP contribution in [0.2, 0.25) is 0 Å². The molecule has 0 aromatic heterocycles. The minimum atomic E-state index is -0.173. The number of fused-ring (bicyclic) bond motifs is 10. The van der Waals surface area contributed by atoms with Crippen LogP contribution in [0.5, 0.6) is 0 Å². The Balaban J connectivity index is 0.000000150. The monoisotopic (exact) mass is 828 g/mol. The molecule has 0 radical (unpaired) electrons. The minimum Gasteiger partial charge on any atom is -0.393 e. The van der Waals surface area contributed by atoms with Crippen molar-refractivity contribution in [2.75, 3.05) is 0 Å². The summed E-state index contributed by atoms with van der Waals surface area (Å²) in [4.78, 5) is 0. The molecule has 2 nitrogen and oxygen atoms in total. The Kier molecular flexibility index (Phi) is 12.1. The van der Waals surface area contributed by atoms with Gasteiger partial charge in [0.15, 0.2) is 0 Å². The predicted molar refractivity (Wildman–Crippen MR) is 247 cm³/mol. The number of benzene rings is 6. The molecule has 0 unspecified atom stereocenters. The van der Waals surface area contributed by atoms with Gasteiger partial charge in [0.1, 0.15) is 0 Å². The number of halogens is 1. The quantitative estimate of drug-likeness (QED) is 0.150. The van der Waals surface area contributed by atoms with Crippen LogP contribution in [0.4, 0.5) is 0 Å². The summed E-state index contributed by atoms with van der Waals surface area (Å²) in [5, 5.41) is 25.9. The van der Waals surface area contributed by atoms with Gasteiger partial charge in [-0.25, -0.2) is 0 Å². The van der Waals surface area contributed by atoms with E-state index in [0.29, 0.717) is 11.8 Å². The van der Waals surface area contributed by atoms with Crippen molar-refractivity contribution in [2.24, 2.45) is 10.8 Å². The molecule has 6 aromatic rings. The van der Waals surface area contributed by atoms with E-state index in [1.165, 1.54) is 72.2 Å². The van der Waals surface area contributed by atoms with E-state index in [9.17, 15) is 10.2 Å². The van der Waals surface area contributed by atoms with E-state index in [0.717, 1.165) is 55.2 Å². The fraction of sp³-hybridized carbons (Fsp3) is 0.345. The summed E-state index contributed by atoms with van der Waals surface area (Å²) in [6, 6.07) is 38.0. The Morgan fingerprint density at radius 3 is 1.60 bits per heavy atom. The average Bonchev–Trinajstić information content (AvgIpc) is 3.71. The third kappa shape index (κ3) is 8.16. The number of hydrogen-bond donors (Lipinski definition) is 2. The molecular formula is C55H57BrO2. The third-order valence-electron chi connectivity index (χ3n) is 13.6. The van der Waals surface area contributed by atoms with Crippen molar-refractivity contribution in [3.63, 3.8) is 0 Å². The van der Waals surface area contributed by atoms with Crippen molar-refractivity contribution in [1.29, 1.82) is 0 Å². The Labute approximate surface area is 355 Å². The van der Waals surface area contributed by atoms with Crippen LogP contribution in [0.25, 0.3) is 21.5 Å². The Morgan fingerprint density at radius 2 is 1.09 bits per heavy atom. The summed E-state index contributed by atoms with van der Waals surface area (Å²) >= 11 is 3.77. The van der Waals surface area contributed by atoms with Crippen LogP contribution in [0, 0.1) is 48.9 Å². The van der Waals surface area contributed by atoms with Crippen LogP contribution in [-0.4, -0.2) is 22.4 Å². The summed E-state index contributed by atoms with van der Waals surface area (Å²) in [5.74, 6) is 10.3. The van der Waals surface area contributed by atoms with E-state index in [1.54, 1.807) is 0 Å². The first kappa shape index (κ1) is 41.5. The van der Waals surface area contributed by atoms with Gasteiger partial charge < -0.3 is 10.2 Å². The molecule has 4 aliphatic carbocycles. The Hall–Kier alpha value is -4.64. The Bertz CT molecular complexity index is 2560. The zero-order chi connectivity index (χ0) is 39.9. The van der Waals surface area contributed by atoms with E-state index in [4.69, 9.17) is 6.42 Å². The Morgan fingerprint density at radius 1 is 0.603 bits per heavy atom. The number of hydrogen-bond acceptors (Lipinski definition) is 2. The number of aliphatic hydroxyl groups excluding tert-OH is 2. The van der Waals surface area contributed by atoms with Crippen molar-refractivity contribution in [3.8, 4) is 24.2 Å². The zero-order valence-corrected chi connectivity index (χ0v) is 35.3. The first-order valence-corrected chi connectivity index (χ1v) is 21.5. The smallest absolute Gasteiger partial charge is 0.0551 e. The summed E-state index contributed by atoms with van der Waals surface area (Å²) in [7, 11) is 0. The lowest BCUT2D eigenvalue weighted by atomic mass is 9.66. The summed E-state index contributed by atoms with van der Waals surface area (Å²) < 4.78 is 1.20. The largest absolute Gasteiger partial charge is 0.393 e. The molecule has 3 heteroatoms. The molecule has 10 rings (SSSR count). The van der Waals surface area contributed by atoms with E-state index in [2.05, 4.69) is 122 Å². The van der Waals surface area contributed by atoms with Gasteiger partial charge in [-0.2, -0.15) is 0 Å². The van der Waals surface area contributed by atoms with Crippen LogP contribution < -0.4 is 0 Å². The maximum absolute atomic E-state index is 10.4. The summed E-state index contributed by atoms with van der Waals surface area (Å²) in [5.41, 5.74) is 12.1. The van der Waals surface area contributed by atoms with Gasteiger partial charge in [0.05, 0.1) is 12.2 Å². The van der Waals surface area contributed by atoms with Gasteiger partial charge in [0.2, 0.25) is 0 Å². The van der Waals surface area contributed by atoms with Crippen molar-refractivity contribution in [2.45, 2.75) is 111 Å². The maximum Gasteiger partial charge on any atom is 0.0551 e. The average molecular weight is 830 g/mol. The first-order chi connectivity index (χ1) is 27.4. The SMILES string of the molecule is C.C#Cc1ccccc1.Cc1ccc2c(Br)cc3c(c2c1)CC[C@]1(C)C[C@@H](O)C[C@@H]31.Cc1ccc2c(C#Cc3ccccc3)cc3c(c2c1)CC[C@]1(C)C[C@@H](O)C[C@@H]31. The van der Waals surface area contributed by atoms with Crippen LogP contribution in [-0.2, 0) is 12.8 Å². The lowest BCUT2D eigenvalue weighted by molar-refractivity contribution is 0.159. The van der Waals surface area contributed by atoms with E-state index >= 15 is 0 Å². The summed E-state index contributed by atoms with van der Waals surface area (Å²) in [6.45, 7) is 9.07. The molecular weight excluding hydrogens is 773 g/mol. The molecule has 0 spiro atoms. The van der Waals surface area contributed by atoms with Crippen LogP contribution in [0.3, 0.4) is 0 Å². The number of aliphatic hydroxyl groups is 2. The van der Waals surface area contributed by atoms with Gasteiger partial charge in [-0.15, -0.1) is 6.42 Å². The second-order valence-corrected chi connectivity index (χ2v) is 18.6. The number of rotatable bonds is 0. The van der Waals surface area contributed by atoms with Crippen molar-refractivity contribution in [1.82, 2.24) is 0 Å². The highest BCUT2D eigenvalue weighted by Gasteiger charge is 2.48. The predicted octanol–water partition coefficient (Wildman–Crippen LogP) is 13.1. The lowest BCUT2D eigenvalue weighted by Crippen LogP contribution is -2.27. The van der Waals surface area contributed by atoms with Crippen LogP contribution >= 0.6 is 15.9 Å².